The zero-order valence-corrected chi connectivity index (χ0v) is 5.62. The Bertz CT molecular complexity index is 34.0. The van der Waals surface area contributed by atoms with Crippen molar-refractivity contribution in [3.05, 3.63) is 0 Å². The summed E-state index contributed by atoms with van der Waals surface area (Å²) in [7, 11) is 0. The van der Waals surface area contributed by atoms with Crippen LogP contribution in [0.15, 0.2) is 0 Å². The van der Waals surface area contributed by atoms with Crippen LogP contribution in [0.3, 0.4) is 0 Å². The molecule has 0 bridgehead atoms. The summed E-state index contributed by atoms with van der Waals surface area (Å²) < 4.78 is 0. The van der Waals surface area contributed by atoms with Gasteiger partial charge in [0, 0.05) is 22.5 Å². The van der Waals surface area contributed by atoms with Crippen molar-refractivity contribution in [1.29, 1.82) is 0 Å². The normalized spacial score (nSPS) is 2.78. The van der Waals surface area contributed by atoms with E-state index in [2.05, 4.69) is 0 Å². The molecule has 0 aliphatic heterocycles. The number of carbonyl (C=O) groups is 1. The summed E-state index contributed by atoms with van der Waals surface area (Å²) in [6.45, 7) is 0.972. The SMILES string of the molecule is CC(=O)[O-].O.O.O.O.[Ni]. The molecule has 66 valence electrons. The van der Waals surface area contributed by atoms with E-state index in [4.69, 9.17) is 9.90 Å². The van der Waals surface area contributed by atoms with Gasteiger partial charge in [-0.3, -0.25) is 0 Å². The second kappa shape index (κ2) is 46.0. The molecule has 0 rings (SSSR count). The van der Waals surface area contributed by atoms with E-state index in [1.54, 1.807) is 0 Å². The molecule has 0 aliphatic rings. The maximum absolute atomic E-state index is 8.89. The number of carbonyl (C=O) groups excluding carboxylic acids is 1. The van der Waals surface area contributed by atoms with Gasteiger partial charge < -0.3 is 31.8 Å². The van der Waals surface area contributed by atoms with E-state index in [1.807, 2.05) is 0 Å². The van der Waals surface area contributed by atoms with E-state index in [0.717, 1.165) is 6.92 Å². The van der Waals surface area contributed by atoms with E-state index in [9.17, 15) is 0 Å². The van der Waals surface area contributed by atoms with E-state index in [1.165, 1.54) is 0 Å². The summed E-state index contributed by atoms with van der Waals surface area (Å²) in [6.07, 6.45) is 0. The molecule has 0 saturated heterocycles. The van der Waals surface area contributed by atoms with Crippen molar-refractivity contribution in [2.45, 2.75) is 6.92 Å². The Balaban J connectivity index is -0.00000000450. The molecule has 0 fully saturated rings. The average Bonchev–Trinajstić information content (AvgIpc) is 0.811. The van der Waals surface area contributed by atoms with E-state index >= 15 is 0 Å². The zero-order valence-electron chi connectivity index (χ0n) is 4.63. The Morgan fingerprint density at radius 3 is 1.11 bits per heavy atom. The minimum absolute atomic E-state index is 0. The second-order valence-corrected chi connectivity index (χ2v) is 0.492. The van der Waals surface area contributed by atoms with E-state index < -0.39 is 5.97 Å². The molecule has 7 heteroatoms. The Hall–Kier alpha value is -0.196. The molecular weight excluding hydrogens is 179 g/mol. The van der Waals surface area contributed by atoms with E-state index in [-0.39, 0.29) is 38.4 Å². The first-order chi connectivity index (χ1) is 1.73. The molecule has 0 saturated carbocycles. The fourth-order valence-electron chi connectivity index (χ4n) is 0. The van der Waals surface area contributed by atoms with Crippen molar-refractivity contribution < 1.29 is 48.3 Å². The maximum Gasteiger partial charge on any atom is 0.0383 e. The van der Waals surface area contributed by atoms with Crippen molar-refractivity contribution in [2.24, 2.45) is 0 Å². The summed E-state index contributed by atoms with van der Waals surface area (Å²) in [5, 5.41) is 8.89. The molecule has 6 nitrogen and oxygen atoms in total. The minimum Gasteiger partial charge on any atom is -0.550 e. The van der Waals surface area contributed by atoms with Crippen LogP contribution in [0.2, 0.25) is 0 Å². The fourth-order valence-corrected chi connectivity index (χ4v) is 0. The van der Waals surface area contributed by atoms with Gasteiger partial charge in [-0.15, -0.1) is 0 Å². The summed E-state index contributed by atoms with van der Waals surface area (Å²) in [5.74, 6) is -1.08. The smallest absolute Gasteiger partial charge is 0.0383 e. The van der Waals surface area contributed by atoms with Crippen molar-refractivity contribution >= 4 is 5.97 Å². The fraction of sp³-hybridized carbons (Fsp3) is 0.500. The van der Waals surface area contributed by atoms with Gasteiger partial charge in [-0.25, -0.2) is 0 Å². The molecule has 9 heavy (non-hydrogen) atoms. The molecule has 0 aromatic carbocycles. The number of aliphatic carboxylic acids is 1. The van der Waals surface area contributed by atoms with Crippen LogP contribution in [0.4, 0.5) is 0 Å². The number of carboxylic acids is 1. The number of rotatable bonds is 0. The number of hydrogen-bond donors (Lipinski definition) is 0. The van der Waals surface area contributed by atoms with Crippen LogP contribution in [0.1, 0.15) is 6.92 Å². The maximum atomic E-state index is 8.89. The van der Waals surface area contributed by atoms with Gasteiger partial charge in [-0.2, -0.15) is 0 Å². The molecule has 0 unspecified atom stereocenters. The zero-order chi connectivity index (χ0) is 3.58. The first-order valence-electron chi connectivity index (χ1n) is 0.908. The Kier molecular flexibility index (Phi) is 348. The summed E-state index contributed by atoms with van der Waals surface area (Å²) in [5.41, 5.74) is 0. The predicted octanol–water partition coefficient (Wildman–Crippen LogP) is -4.55. The number of carboxylic acid groups (broad SMARTS) is 1. The molecule has 0 atom stereocenters. The van der Waals surface area contributed by atoms with Crippen LogP contribution < -0.4 is 5.11 Å². The molecule has 0 aromatic rings. The third-order valence-electron chi connectivity index (χ3n) is 0. The average molecular weight is 190 g/mol. The van der Waals surface area contributed by atoms with Crippen molar-refractivity contribution in [3.63, 3.8) is 0 Å². The summed E-state index contributed by atoms with van der Waals surface area (Å²) in [6, 6.07) is 0. The van der Waals surface area contributed by atoms with Gasteiger partial charge in [0.15, 0.2) is 0 Å². The minimum atomic E-state index is -1.08. The van der Waals surface area contributed by atoms with Gasteiger partial charge in [0.2, 0.25) is 0 Å². The Morgan fingerprint density at radius 2 is 1.11 bits per heavy atom. The molecule has 0 aliphatic carbocycles. The van der Waals surface area contributed by atoms with Crippen LogP contribution in [-0.2, 0) is 21.3 Å². The third kappa shape index (κ3) is 6810. The van der Waals surface area contributed by atoms with Crippen LogP contribution in [-0.4, -0.2) is 27.9 Å². The van der Waals surface area contributed by atoms with E-state index in [0.29, 0.717) is 0 Å². The van der Waals surface area contributed by atoms with Gasteiger partial charge in [0.25, 0.3) is 0 Å². The van der Waals surface area contributed by atoms with Crippen LogP contribution >= 0.6 is 0 Å². The molecular formula is C2H11NiO6-. The standard InChI is InChI=1S/C2H4O2.Ni.4H2O/c1-2(3)4;;;;;/h1H3,(H,3,4);;4*1H2/p-1. The molecule has 0 spiro atoms. The van der Waals surface area contributed by atoms with Crippen molar-refractivity contribution in [1.82, 2.24) is 0 Å². The van der Waals surface area contributed by atoms with Crippen LogP contribution in [0, 0.1) is 0 Å². The van der Waals surface area contributed by atoms with Gasteiger partial charge in [0.1, 0.15) is 0 Å². The quantitative estimate of drug-likeness (QED) is 0.351. The number of hydrogen-bond acceptors (Lipinski definition) is 2. The molecule has 0 amide bonds. The van der Waals surface area contributed by atoms with Gasteiger partial charge in [-0.05, 0) is 6.92 Å². The largest absolute Gasteiger partial charge is 0.550 e. The molecule has 0 heterocycles. The topological polar surface area (TPSA) is 166 Å². The van der Waals surface area contributed by atoms with Crippen LogP contribution in [0.5, 0.6) is 0 Å². The Labute approximate surface area is 62.0 Å². The molecule has 8 N–H and O–H groups in total. The summed E-state index contributed by atoms with van der Waals surface area (Å²) >= 11 is 0. The van der Waals surface area contributed by atoms with Gasteiger partial charge in [-0.1, -0.05) is 0 Å². The third-order valence-corrected chi connectivity index (χ3v) is 0. The first kappa shape index (κ1) is 68.2. The second-order valence-electron chi connectivity index (χ2n) is 0.492. The molecule has 0 radical (unpaired) electrons. The molecule has 0 aromatic heterocycles. The van der Waals surface area contributed by atoms with Crippen molar-refractivity contribution in [3.8, 4) is 0 Å². The predicted molar refractivity (Wildman–Crippen MR) is 25.1 cm³/mol. The Morgan fingerprint density at radius 1 is 1.11 bits per heavy atom. The van der Waals surface area contributed by atoms with Crippen LogP contribution in [0.25, 0.3) is 0 Å². The van der Waals surface area contributed by atoms with Crippen molar-refractivity contribution in [2.75, 3.05) is 0 Å². The van der Waals surface area contributed by atoms with Gasteiger partial charge >= 0.3 is 0 Å². The monoisotopic (exact) mass is 189 g/mol. The van der Waals surface area contributed by atoms with Gasteiger partial charge in [0.05, 0.1) is 0 Å². The summed E-state index contributed by atoms with van der Waals surface area (Å²) in [4.78, 5) is 8.89. The first-order valence-corrected chi connectivity index (χ1v) is 0.908.